The molecule has 3 heteroatoms. The summed E-state index contributed by atoms with van der Waals surface area (Å²) in [5.74, 6) is 0. The molecule has 1 unspecified atom stereocenters. The first-order chi connectivity index (χ1) is 19.3. The Bertz CT molecular complexity index is 1990. The summed E-state index contributed by atoms with van der Waals surface area (Å²) in [6.07, 6.45) is 1.85. The molecule has 184 valence electrons. The zero-order chi connectivity index (χ0) is 25.8. The fraction of sp³-hybridized carbons (Fsp3) is 0.0278. The third-order valence-corrected chi connectivity index (χ3v) is 7.81. The van der Waals surface area contributed by atoms with Crippen molar-refractivity contribution in [3.63, 3.8) is 0 Å². The van der Waals surface area contributed by atoms with Gasteiger partial charge in [0.05, 0.1) is 16.7 Å². The normalized spacial score (nSPS) is 15.4. The molecule has 8 rings (SSSR count). The van der Waals surface area contributed by atoms with Crippen molar-refractivity contribution in [2.45, 2.75) is 6.29 Å². The fourth-order valence-corrected chi connectivity index (χ4v) is 6.03. The van der Waals surface area contributed by atoms with E-state index in [1.54, 1.807) is 0 Å². The molecule has 0 fully saturated rings. The molecule has 0 radical (unpaired) electrons. The molecule has 1 aromatic heterocycles. The molecule has 0 bridgehead atoms. The second kappa shape index (κ2) is 8.71. The van der Waals surface area contributed by atoms with Gasteiger partial charge in [0, 0.05) is 16.5 Å². The van der Waals surface area contributed by atoms with Crippen molar-refractivity contribution in [1.29, 1.82) is 0 Å². The average Bonchev–Trinajstić information content (AvgIpc) is 3.37. The van der Waals surface area contributed by atoms with E-state index in [2.05, 4.69) is 143 Å². The number of aromatic nitrogens is 1. The van der Waals surface area contributed by atoms with Crippen molar-refractivity contribution in [2.24, 2.45) is 4.99 Å². The molecular weight excluding hydrogens is 474 g/mol. The minimum Gasteiger partial charge on any atom is -0.346 e. The van der Waals surface area contributed by atoms with Gasteiger partial charge in [0.2, 0.25) is 6.29 Å². The Labute approximate surface area is 226 Å². The van der Waals surface area contributed by atoms with Gasteiger partial charge in [-0.2, -0.15) is 0 Å². The standard InChI is InChI=1S/C36H25N3/c1-3-13-26(14-4-1)30-23-31(27-15-5-2-6-16-27)38-36(37-30)39-32-21-19-24-11-7-9-17-28(24)34(32)35-29-18-10-8-12-25(29)20-22-33(35)39/h1-23,36-37H. The summed E-state index contributed by atoms with van der Waals surface area (Å²) in [5, 5.41) is 11.3. The fourth-order valence-electron chi connectivity index (χ4n) is 6.03. The maximum atomic E-state index is 5.32. The molecule has 1 aliphatic rings. The predicted molar refractivity (Wildman–Crippen MR) is 164 cm³/mol. The molecule has 0 saturated heterocycles. The van der Waals surface area contributed by atoms with Crippen molar-refractivity contribution < 1.29 is 0 Å². The average molecular weight is 500 g/mol. The van der Waals surface area contributed by atoms with E-state index in [-0.39, 0.29) is 6.29 Å². The molecule has 1 N–H and O–H groups in total. The third kappa shape index (κ3) is 3.48. The Morgan fingerprint density at radius 3 is 1.62 bits per heavy atom. The molecule has 2 heterocycles. The van der Waals surface area contributed by atoms with E-state index >= 15 is 0 Å². The van der Waals surface area contributed by atoms with Gasteiger partial charge in [-0.3, -0.25) is 0 Å². The molecule has 39 heavy (non-hydrogen) atoms. The maximum absolute atomic E-state index is 5.32. The van der Waals surface area contributed by atoms with E-state index in [1.165, 1.54) is 43.4 Å². The monoisotopic (exact) mass is 499 g/mol. The lowest BCUT2D eigenvalue weighted by Crippen LogP contribution is -2.29. The van der Waals surface area contributed by atoms with Crippen LogP contribution in [0.25, 0.3) is 49.0 Å². The minimum atomic E-state index is -0.317. The Hall–Kier alpha value is -5.15. The molecule has 3 nitrogen and oxygen atoms in total. The van der Waals surface area contributed by atoms with Gasteiger partial charge in [0.1, 0.15) is 0 Å². The van der Waals surface area contributed by atoms with Crippen LogP contribution in [-0.2, 0) is 0 Å². The Morgan fingerprint density at radius 1 is 0.513 bits per heavy atom. The molecule has 7 aromatic rings. The van der Waals surface area contributed by atoms with Crippen LogP contribution < -0.4 is 5.32 Å². The molecule has 1 atom stereocenters. The smallest absolute Gasteiger partial charge is 0.201 e. The highest BCUT2D eigenvalue weighted by Crippen LogP contribution is 2.41. The molecule has 1 aliphatic heterocycles. The van der Waals surface area contributed by atoms with Crippen molar-refractivity contribution >= 4 is 54.8 Å². The minimum absolute atomic E-state index is 0.317. The van der Waals surface area contributed by atoms with E-state index in [9.17, 15) is 0 Å². The number of hydrogen-bond donors (Lipinski definition) is 1. The number of nitrogens with zero attached hydrogens (tertiary/aromatic N) is 2. The van der Waals surface area contributed by atoms with Gasteiger partial charge in [0.15, 0.2) is 0 Å². The largest absolute Gasteiger partial charge is 0.346 e. The van der Waals surface area contributed by atoms with Gasteiger partial charge in [-0.15, -0.1) is 0 Å². The van der Waals surface area contributed by atoms with Gasteiger partial charge >= 0.3 is 0 Å². The number of allylic oxidation sites excluding steroid dienone is 1. The second-order valence-corrected chi connectivity index (χ2v) is 10.1. The summed E-state index contributed by atoms with van der Waals surface area (Å²) in [5.41, 5.74) is 6.61. The second-order valence-electron chi connectivity index (χ2n) is 10.1. The van der Waals surface area contributed by atoms with E-state index in [0.717, 1.165) is 22.5 Å². The number of nitrogens with one attached hydrogen (secondary N) is 1. The molecule has 0 saturated carbocycles. The highest BCUT2D eigenvalue weighted by Gasteiger charge is 2.24. The van der Waals surface area contributed by atoms with Gasteiger partial charge in [-0.05, 0) is 50.9 Å². The Kier molecular flexibility index (Phi) is 4.89. The highest BCUT2D eigenvalue weighted by molar-refractivity contribution is 6.28. The van der Waals surface area contributed by atoms with Crippen molar-refractivity contribution in [1.82, 2.24) is 9.88 Å². The van der Waals surface area contributed by atoms with Crippen LogP contribution in [0, 0.1) is 0 Å². The topological polar surface area (TPSA) is 29.3 Å². The number of aliphatic imine (C=N–C) groups is 1. The summed E-state index contributed by atoms with van der Waals surface area (Å²) < 4.78 is 2.38. The van der Waals surface area contributed by atoms with Crippen LogP contribution in [0.5, 0.6) is 0 Å². The molecular formula is C36H25N3. The summed E-state index contributed by atoms with van der Waals surface area (Å²) in [6.45, 7) is 0. The summed E-state index contributed by atoms with van der Waals surface area (Å²) in [6, 6.07) is 47.3. The predicted octanol–water partition coefficient (Wildman–Crippen LogP) is 8.69. The lowest BCUT2D eigenvalue weighted by molar-refractivity contribution is 0.508. The lowest BCUT2D eigenvalue weighted by Gasteiger charge is -2.27. The molecule has 0 aliphatic carbocycles. The van der Waals surface area contributed by atoms with E-state index in [0.29, 0.717) is 0 Å². The third-order valence-electron chi connectivity index (χ3n) is 7.81. The number of fused-ring (bicyclic) bond motifs is 7. The van der Waals surface area contributed by atoms with E-state index in [4.69, 9.17) is 4.99 Å². The summed E-state index contributed by atoms with van der Waals surface area (Å²) in [7, 11) is 0. The van der Waals surface area contributed by atoms with Gasteiger partial charge in [-0.25, -0.2) is 4.99 Å². The van der Waals surface area contributed by atoms with Crippen LogP contribution in [0.15, 0.2) is 145 Å². The van der Waals surface area contributed by atoms with Crippen LogP contribution >= 0.6 is 0 Å². The molecule has 6 aromatic carbocycles. The molecule has 0 spiro atoms. The Morgan fingerprint density at radius 2 is 1.03 bits per heavy atom. The SMILES string of the molecule is C1=C(c2ccccc2)NC(n2c3ccc4ccccc4c3c3c4ccccc4ccc32)N=C1c1ccccc1. The number of rotatable bonds is 3. The van der Waals surface area contributed by atoms with E-state index < -0.39 is 0 Å². The maximum Gasteiger partial charge on any atom is 0.201 e. The lowest BCUT2D eigenvalue weighted by atomic mass is 10.00. The van der Waals surface area contributed by atoms with Gasteiger partial charge in [-0.1, -0.05) is 121 Å². The first kappa shape index (κ1) is 21.9. The van der Waals surface area contributed by atoms with Crippen molar-refractivity contribution in [3.05, 3.63) is 151 Å². The number of benzene rings is 6. The van der Waals surface area contributed by atoms with Crippen molar-refractivity contribution in [3.8, 4) is 0 Å². The van der Waals surface area contributed by atoms with Gasteiger partial charge < -0.3 is 9.88 Å². The summed E-state index contributed by atoms with van der Waals surface area (Å²) in [4.78, 5) is 5.32. The quantitative estimate of drug-likeness (QED) is 0.259. The van der Waals surface area contributed by atoms with Crippen LogP contribution in [-0.4, -0.2) is 10.3 Å². The van der Waals surface area contributed by atoms with Crippen LogP contribution in [0.4, 0.5) is 0 Å². The van der Waals surface area contributed by atoms with E-state index in [1.807, 2.05) is 6.07 Å². The zero-order valence-electron chi connectivity index (χ0n) is 21.3. The number of hydrogen-bond acceptors (Lipinski definition) is 2. The van der Waals surface area contributed by atoms with Crippen LogP contribution in [0.1, 0.15) is 17.4 Å². The zero-order valence-corrected chi connectivity index (χ0v) is 21.3. The summed E-state index contributed by atoms with van der Waals surface area (Å²) >= 11 is 0. The van der Waals surface area contributed by atoms with Crippen LogP contribution in [0.3, 0.4) is 0 Å². The Balaban J connectivity index is 1.46. The highest BCUT2D eigenvalue weighted by atomic mass is 15.3. The first-order valence-corrected chi connectivity index (χ1v) is 13.4. The van der Waals surface area contributed by atoms with Crippen molar-refractivity contribution in [2.75, 3.05) is 0 Å². The molecule has 0 amide bonds. The van der Waals surface area contributed by atoms with Crippen LogP contribution in [0.2, 0.25) is 0 Å². The first-order valence-electron chi connectivity index (χ1n) is 13.4. The van der Waals surface area contributed by atoms with Gasteiger partial charge in [0.25, 0.3) is 0 Å².